The molecule has 1 aromatic carbocycles. The Morgan fingerprint density at radius 2 is 1.80 bits per heavy atom. The molecule has 4 nitrogen and oxygen atoms in total. The zero-order chi connectivity index (χ0) is 15.1. The van der Waals surface area contributed by atoms with Crippen LogP contribution < -0.4 is 4.74 Å². The maximum absolute atomic E-state index is 10.6. The van der Waals surface area contributed by atoms with Gasteiger partial charge < -0.3 is 9.84 Å². The Morgan fingerprint density at radius 3 is 2.30 bits per heavy atom. The van der Waals surface area contributed by atoms with Gasteiger partial charge in [0.1, 0.15) is 12.4 Å². The van der Waals surface area contributed by atoms with E-state index >= 15 is 0 Å². The summed E-state index contributed by atoms with van der Waals surface area (Å²) in [5.41, 5.74) is 2.37. The largest absolute Gasteiger partial charge is 0.492 e. The molecule has 0 radical (unpaired) electrons. The predicted molar refractivity (Wildman–Crippen MR) is 80.4 cm³/mol. The van der Waals surface area contributed by atoms with Crippen LogP contribution in [0.5, 0.6) is 5.75 Å². The average Bonchev–Trinajstić information content (AvgIpc) is 2.31. The topological polar surface area (TPSA) is 49.8 Å². The van der Waals surface area contributed by atoms with Crippen molar-refractivity contribution in [3.05, 3.63) is 29.3 Å². The van der Waals surface area contributed by atoms with Gasteiger partial charge in [-0.25, -0.2) is 0 Å². The van der Waals surface area contributed by atoms with Crippen molar-refractivity contribution in [2.75, 3.05) is 19.7 Å². The van der Waals surface area contributed by atoms with Crippen molar-refractivity contribution in [2.24, 2.45) is 0 Å². The molecular formula is C16H25NO3. The highest BCUT2D eigenvalue weighted by atomic mass is 16.5. The number of carboxylic acid groups (broad SMARTS) is 1. The number of hydrogen-bond donors (Lipinski definition) is 1. The van der Waals surface area contributed by atoms with Gasteiger partial charge in [0.2, 0.25) is 0 Å². The molecule has 0 atom stereocenters. The number of benzene rings is 1. The third kappa shape index (κ3) is 6.06. The quantitative estimate of drug-likeness (QED) is 0.795. The predicted octanol–water partition coefficient (Wildman–Crippen LogP) is 2.87. The van der Waals surface area contributed by atoms with Crippen LogP contribution in [-0.4, -0.2) is 41.7 Å². The van der Waals surface area contributed by atoms with E-state index in [2.05, 4.69) is 24.8 Å². The summed E-state index contributed by atoms with van der Waals surface area (Å²) in [5, 5.41) is 8.75. The van der Waals surface area contributed by atoms with E-state index in [-0.39, 0.29) is 6.42 Å². The van der Waals surface area contributed by atoms with Crippen molar-refractivity contribution in [2.45, 2.75) is 40.2 Å². The molecule has 0 heterocycles. The highest BCUT2D eigenvalue weighted by molar-refractivity contribution is 5.66. The number of rotatable bonds is 8. The second-order valence-corrected chi connectivity index (χ2v) is 5.45. The Hall–Kier alpha value is -1.55. The first kappa shape index (κ1) is 16.5. The average molecular weight is 279 g/mol. The molecule has 0 aliphatic carbocycles. The van der Waals surface area contributed by atoms with Crippen LogP contribution in [0, 0.1) is 13.8 Å². The first-order chi connectivity index (χ1) is 9.38. The normalized spacial score (nSPS) is 11.1. The van der Waals surface area contributed by atoms with Crippen molar-refractivity contribution in [3.8, 4) is 5.75 Å². The first-order valence-electron chi connectivity index (χ1n) is 7.05. The van der Waals surface area contributed by atoms with Gasteiger partial charge in [0.15, 0.2) is 0 Å². The molecule has 0 aliphatic heterocycles. The molecule has 20 heavy (non-hydrogen) atoms. The second kappa shape index (κ2) is 7.90. The van der Waals surface area contributed by atoms with Crippen LogP contribution in [0.2, 0.25) is 0 Å². The van der Waals surface area contributed by atoms with Crippen LogP contribution in [0.25, 0.3) is 0 Å². The van der Waals surface area contributed by atoms with Crippen molar-refractivity contribution < 1.29 is 14.6 Å². The summed E-state index contributed by atoms with van der Waals surface area (Å²) in [5.74, 6) is 0.121. The monoisotopic (exact) mass is 279 g/mol. The minimum absolute atomic E-state index is 0.168. The van der Waals surface area contributed by atoms with E-state index in [1.807, 2.05) is 26.0 Å². The molecule has 0 saturated heterocycles. The van der Waals surface area contributed by atoms with Gasteiger partial charge in [0.05, 0.1) is 6.42 Å². The van der Waals surface area contributed by atoms with Crippen LogP contribution in [0.3, 0.4) is 0 Å². The first-order valence-corrected chi connectivity index (χ1v) is 7.05. The molecular weight excluding hydrogens is 254 g/mol. The summed E-state index contributed by atoms with van der Waals surface area (Å²) in [7, 11) is 0. The summed E-state index contributed by atoms with van der Waals surface area (Å²) in [6, 6.07) is 6.46. The second-order valence-electron chi connectivity index (χ2n) is 5.45. The maximum Gasteiger partial charge on any atom is 0.304 e. The van der Waals surface area contributed by atoms with Crippen LogP contribution in [0.1, 0.15) is 31.4 Å². The van der Waals surface area contributed by atoms with Crippen LogP contribution >= 0.6 is 0 Å². The van der Waals surface area contributed by atoms with Crippen molar-refractivity contribution in [1.29, 1.82) is 0 Å². The summed E-state index contributed by atoms with van der Waals surface area (Å²) < 4.78 is 5.77. The van der Waals surface area contributed by atoms with E-state index in [9.17, 15) is 4.79 Å². The lowest BCUT2D eigenvalue weighted by atomic mass is 10.1. The summed E-state index contributed by atoms with van der Waals surface area (Å²) in [4.78, 5) is 12.8. The Bertz CT molecular complexity index is 423. The molecule has 0 fully saturated rings. The third-order valence-corrected chi connectivity index (χ3v) is 3.19. The van der Waals surface area contributed by atoms with E-state index in [0.29, 0.717) is 19.2 Å². The lowest BCUT2D eigenvalue weighted by molar-refractivity contribution is -0.137. The Morgan fingerprint density at radius 1 is 1.20 bits per heavy atom. The van der Waals surface area contributed by atoms with E-state index in [4.69, 9.17) is 9.84 Å². The molecule has 0 spiro atoms. The lowest BCUT2D eigenvalue weighted by Gasteiger charge is -2.25. The van der Waals surface area contributed by atoms with E-state index in [0.717, 1.165) is 12.3 Å². The third-order valence-electron chi connectivity index (χ3n) is 3.19. The standard InChI is InChI=1S/C16H25NO3/c1-12(2)17(6-5-16(18)19)7-8-20-15-10-13(3)9-14(4)11-15/h9-12H,5-8H2,1-4H3,(H,18,19). The van der Waals surface area contributed by atoms with Crippen LogP contribution in [0.15, 0.2) is 18.2 Å². The highest BCUT2D eigenvalue weighted by Crippen LogP contribution is 2.16. The Balaban J connectivity index is 2.45. The number of ether oxygens (including phenoxy) is 1. The van der Waals surface area contributed by atoms with Crippen molar-refractivity contribution in [1.82, 2.24) is 4.90 Å². The van der Waals surface area contributed by atoms with Gasteiger partial charge >= 0.3 is 5.97 Å². The zero-order valence-corrected chi connectivity index (χ0v) is 12.8. The van der Waals surface area contributed by atoms with Crippen molar-refractivity contribution in [3.63, 3.8) is 0 Å². The molecule has 4 heteroatoms. The molecule has 1 aromatic rings. The molecule has 1 N–H and O–H groups in total. The SMILES string of the molecule is Cc1cc(C)cc(OCCN(CCC(=O)O)C(C)C)c1. The molecule has 0 amide bonds. The maximum atomic E-state index is 10.6. The minimum Gasteiger partial charge on any atom is -0.492 e. The molecule has 112 valence electrons. The molecule has 0 aromatic heterocycles. The smallest absolute Gasteiger partial charge is 0.304 e. The summed E-state index contributed by atoms with van der Waals surface area (Å²) in [6.45, 7) is 10.1. The Labute approximate surface area is 121 Å². The van der Waals surface area contributed by atoms with Gasteiger partial charge in [-0.05, 0) is 51.0 Å². The van der Waals surface area contributed by atoms with Crippen LogP contribution in [0.4, 0.5) is 0 Å². The number of carbonyl (C=O) groups is 1. The minimum atomic E-state index is -0.758. The summed E-state index contributed by atoms with van der Waals surface area (Å²) in [6.07, 6.45) is 0.168. The molecule has 0 aliphatic rings. The molecule has 0 unspecified atom stereocenters. The van der Waals surface area contributed by atoms with Gasteiger partial charge in [-0.3, -0.25) is 9.69 Å². The van der Waals surface area contributed by atoms with Crippen LogP contribution in [-0.2, 0) is 4.79 Å². The van der Waals surface area contributed by atoms with Gasteiger partial charge in [0, 0.05) is 19.1 Å². The van der Waals surface area contributed by atoms with Gasteiger partial charge in [-0.15, -0.1) is 0 Å². The fourth-order valence-corrected chi connectivity index (χ4v) is 2.16. The van der Waals surface area contributed by atoms with Crippen molar-refractivity contribution >= 4 is 5.97 Å². The highest BCUT2D eigenvalue weighted by Gasteiger charge is 2.11. The number of aryl methyl sites for hydroxylation is 2. The molecule has 0 saturated carbocycles. The van der Waals surface area contributed by atoms with E-state index in [1.54, 1.807) is 0 Å². The molecule has 1 rings (SSSR count). The number of aliphatic carboxylic acids is 1. The fraction of sp³-hybridized carbons (Fsp3) is 0.562. The number of carboxylic acids is 1. The zero-order valence-electron chi connectivity index (χ0n) is 12.8. The van der Waals surface area contributed by atoms with Gasteiger partial charge in [-0.1, -0.05) is 6.07 Å². The number of hydrogen-bond acceptors (Lipinski definition) is 3. The lowest BCUT2D eigenvalue weighted by Crippen LogP contribution is -2.36. The van der Waals surface area contributed by atoms with E-state index < -0.39 is 5.97 Å². The summed E-state index contributed by atoms with van der Waals surface area (Å²) >= 11 is 0. The van der Waals surface area contributed by atoms with Gasteiger partial charge in [-0.2, -0.15) is 0 Å². The molecule has 0 bridgehead atoms. The number of nitrogens with zero attached hydrogens (tertiary/aromatic N) is 1. The van der Waals surface area contributed by atoms with Gasteiger partial charge in [0.25, 0.3) is 0 Å². The Kier molecular flexibility index (Phi) is 6.52. The fourth-order valence-electron chi connectivity index (χ4n) is 2.16. The van der Waals surface area contributed by atoms with E-state index in [1.165, 1.54) is 11.1 Å².